The number of nitrogens with two attached hydrogens (primary N) is 1. The molecule has 0 aliphatic heterocycles. The van der Waals surface area contributed by atoms with Crippen LogP contribution in [0.15, 0.2) is 24.3 Å². The predicted octanol–water partition coefficient (Wildman–Crippen LogP) is 2.79. The van der Waals surface area contributed by atoms with E-state index in [1.165, 1.54) is 18.4 Å². The number of nitrogens with one attached hydrogen (secondary N) is 1. The van der Waals surface area contributed by atoms with Crippen LogP contribution in [0.5, 0.6) is 0 Å². The summed E-state index contributed by atoms with van der Waals surface area (Å²) < 4.78 is 0. The number of para-hydroxylation sites is 1. The first-order valence-corrected chi connectivity index (χ1v) is 6.18. The number of hydrogen-bond donors (Lipinski definition) is 2. The van der Waals surface area contributed by atoms with Crippen LogP contribution in [0.2, 0.25) is 0 Å². The van der Waals surface area contributed by atoms with E-state index in [9.17, 15) is 0 Å². The SMILES string of the molecule is CC(C)C1(CNCc2ccccc2N)CC1. The molecular formula is C14H22N2. The monoisotopic (exact) mass is 218 g/mol. The first-order valence-electron chi connectivity index (χ1n) is 6.18. The second-order valence-corrected chi connectivity index (χ2v) is 5.32. The van der Waals surface area contributed by atoms with Gasteiger partial charge in [0.1, 0.15) is 0 Å². The lowest BCUT2D eigenvalue weighted by Crippen LogP contribution is -2.27. The molecule has 0 saturated heterocycles. The van der Waals surface area contributed by atoms with Crippen molar-refractivity contribution in [1.29, 1.82) is 0 Å². The maximum atomic E-state index is 5.91. The maximum Gasteiger partial charge on any atom is 0.0359 e. The molecule has 0 bridgehead atoms. The van der Waals surface area contributed by atoms with Crippen LogP contribution in [0.25, 0.3) is 0 Å². The van der Waals surface area contributed by atoms with Crippen LogP contribution < -0.4 is 11.1 Å². The average Bonchev–Trinajstić information content (AvgIpc) is 3.02. The summed E-state index contributed by atoms with van der Waals surface area (Å²) in [6, 6.07) is 8.08. The summed E-state index contributed by atoms with van der Waals surface area (Å²) in [5, 5.41) is 3.55. The summed E-state index contributed by atoms with van der Waals surface area (Å²) in [5.41, 5.74) is 8.58. The maximum absolute atomic E-state index is 5.91. The molecule has 2 nitrogen and oxygen atoms in total. The Kier molecular flexibility index (Phi) is 3.20. The van der Waals surface area contributed by atoms with Gasteiger partial charge < -0.3 is 11.1 Å². The Balaban J connectivity index is 1.83. The summed E-state index contributed by atoms with van der Waals surface area (Å²) in [5.74, 6) is 0.785. The van der Waals surface area contributed by atoms with Gasteiger partial charge in [-0.1, -0.05) is 32.0 Å². The van der Waals surface area contributed by atoms with E-state index in [-0.39, 0.29) is 0 Å². The number of rotatable bonds is 5. The highest BCUT2D eigenvalue weighted by molar-refractivity contribution is 5.46. The van der Waals surface area contributed by atoms with Crippen molar-refractivity contribution >= 4 is 5.69 Å². The Bertz CT molecular complexity index is 354. The van der Waals surface area contributed by atoms with Gasteiger partial charge in [0.2, 0.25) is 0 Å². The third-order valence-corrected chi connectivity index (χ3v) is 3.96. The van der Waals surface area contributed by atoms with Crippen LogP contribution in [0.1, 0.15) is 32.3 Å². The molecule has 2 rings (SSSR count). The zero-order valence-corrected chi connectivity index (χ0v) is 10.3. The van der Waals surface area contributed by atoms with Gasteiger partial charge in [-0.3, -0.25) is 0 Å². The third-order valence-electron chi connectivity index (χ3n) is 3.96. The van der Waals surface area contributed by atoms with Crippen molar-refractivity contribution in [2.45, 2.75) is 33.2 Å². The molecule has 0 spiro atoms. The Morgan fingerprint density at radius 3 is 2.56 bits per heavy atom. The molecule has 1 fully saturated rings. The van der Waals surface area contributed by atoms with Crippen LogP contribution in [-0.4, -0.2) is 6.54 Å². The smallest absolute Gasteiger partial charge is 0.0359 e. The Morgan fingerprint density at radius 2 is 2.00 bits per heavy atom. The second-order valence-electron chi connectivity index (χ2n) is 5.32. The van der Waals surface area contributed by atoms with Crippen LogP contribution in [0.4, 0.5) is 5.69 Å². The zero-order valence-electron chi connectivity index (χ0n) is 10.3. The molecule has 1 aliphatic rings. The average molecular weight is 218 g/mol. The minimum Gasteiger partial charge on any atom is -0.398 e. The predicted molar refractivity (Wildman–Crippen MR) is 69.1 cm³/mol. The molecule has 1 saturated carbocycles. The number of anilines is 1. The van der Waals surface area contributed by atoms with Crippen molar-refractivity contribution in [2.75, 3.05) is 12.3 Å². The number of nitrogen functional groups attached to an aromatic ring is 1. The van der Waals surface area contributed by atoms with Gasteiger partial charge in [0.05, 0.1) is 0 Å². The highest BCUT2D eigenvalue weighted by Gasteiger charge is 2.44. The molecule has 1 aromatic rings. The molecule has 88 valence electrons. The fourth-order valence-electron chi connectivity index (χ4n) is 2.26. The van der Waals surface area contributed by atoms with Crippen LogP contribution in [-0.2, 0) is 6.54 Å². The normalized spacial score (nSPS) is 17.7. The van der Waals surface area contributed by atoms with Gasteiger partial charge in [0, 0.05) is 18.8 Å². The lowest BCUT2D eigenvalue weighted by Gasteiger charge is -2.20. The van der Waals surface area contributed by atoms with Gasteiger partial charge >= 0.3 is 0 Å². The quantitative estimate of drug-likeness (QED) is 0.746. The van der Waals surface area contributed by atoms with Gasteiger partial charge in [-0.2, -0.15) is 0 Å². The lowest BCUT2D eigenvalue weighted by atomic mass is 9.92. The van der Waals surface area contributed by atoms with E-state index < -0.39 is 0 Å². The van der Waals surface area contributed by atoms with E-state index in [0.717, 1.165) is 24.7 Å². The zero-order chi connectivity index (χ0) is 11.6. The van der Waals surface area contributed by atoms with Gasteiger partial charge in [-0.15, -0.1) is 0 Å². The lowest BCUT2D eigenvalue weighted by molar-refractivity contribution is 0.338. The largest absolute Gasteiger partial charge is 0.398 e. The van der Waals surface area contributed by atoms with Gasteiger partial charge in [0.25, 0.3) is 0 Å². The molecular weight excluding hydrogens is 196 g/mol. The summed E-state index contributed by atoms with van der Waals surface area (Å²) in [6.07, 6.45) is 2.75. The van der Waals surface area contributed by atoms with Gasteiger partial charge in [-0.25, -0.2) is 0 Å². The van der Waals surface area contributed by atoms with Gasteiger partial charge in [0.15, 0.2) is 0 Å². The minimum atomic E-state index is 0.573. The molecule has 3 N–H and O–H groups in total. The highest BCUT2D eigenvalue weighted by atomic mass is 14.9. The third kappa shape index (κ3) is 2.38. The summed E-state index contributed by atoms with van der Waals surface area (Å²) in [4.78, 5) is 0. The van der Waals surface area contributed by atoms with E-state index in [1.807, 2.05) is 18.2 Å². The van der Waals surface area contributed by atoms with Crippen molar-refractivity contribution < 1.29 is 0 Å². The standard InChI is InChI=1S/C14H22N2/c1-11(2)14(7-8-14)10-16-9-12-5-3-4-6-13(12)15/h3-6,11,16H,7-10,15H2,1-2H3. The number of benzene rings is 1. The molecule has 0 radical (unpaired) electrons. The Hall–Kier alpha value is -1.02. The molecule has 0 heterocycles. The Labute approximate surface area is 98.2 Å². The first-order chi connectivity index (χ1) is 7.64. The number of hydrogen-bond acceptors (Lipinski definition) is 2. The molecule has 0 aromatic heterocycles. The molecule has 1 aliphatic carbocycles. The molecule has 1 aromatic carbocycles. The molecule has 0 atom stereocenters. The van der Waals surface area contributed by atoms with Crippen LogP contribution >= 0.6 is 0 Å². The minimum absolute atomic E-state index is 0.573. The molecule has 0 amide bonds. The topological polar surface area (TPSA) is 38.0 Å². The van der Waals surface area contributed by atoms with Crippen LogP contribution in [0.3, 0.4) is 0 Å². The summed E-state index contributed by atoms with van der Waals surface area (Å²) in [7, 11) is 0. The fourth-order valence-corrected chi connectivity index (χ4v) is 2.26. The van der Waals surface area contributed by atoms with Crippen molar-refractivity contribution in [3.05, 3.63) is 29.8 Å². The first kappa shape index (κ1) is 11.5. The van der Waals surface area contributed by atoms with E-state index in [0.29, 0.717) is 5.41 Å². The van der Waals surface area contributed by atoms with E-state index in [2.05, 4.69) is 25.2 Å². The van der Waals surface area contributed by atoms with Crippen molar-refractivity contribution in [3.8, 4) is 0 Å². The van der Waals surface area contributed by atoms with Crippen LogP contribution in [0, 0.1) is 11.3 Å². The fraction of sp³-hybridized carbons (Fsp3) is 0.571. The summed E-state index contributed by atoms with van der Waals surface area (Å²) in [6.45, 7) is 6.66. The van der Waals surface area contributed by atoms with E-state index in [1.54, 1.807) is 0 Å². The van der Waals surface area contributed by atoms with Gasteiger partial charge in [-0.05, 0) is 35.8 Å². The second kappa shape index (κ2) is 4.46. The van der Waals surface area contributed by atoms with E-state index in [4.69, 9.17) is 5.73 Å². The molecule has 0 unspecified atom stereocenters. The van der Waals surface area contributed by atoms with E-state index >= 15 is 0 Å². The van der Waals surface area contributed by atoms with Crippen molar-refractivity contribution in [2.24, 2.45) is 11.3 Å². The van der Waals surface area contributed by atoms with Crippen molar-refractivity contribution in [1.82, 2.24) is 5.32 Å². The van der Waals surface area contributed by atoms with Crippen molar-refractivity contribution in [3.63, 3.8) is 0 Å². The molecule has 2 heteroatoms. The molecule has 16 heavy (non-hydrogen) atoms. The Morgan fingerprint density at radius 1 is 1.31 bits per heavy atom. The summed E-state index contributed by atoms with van der Waals surface area (Å²) >= 11 is 0. The highest BCUT2D eigenvalue weighted by Crippen LogP contribution is 2.51.